The molecule has 8 nitrogen and oxygen atoms in total. The van der Waals surface area contributed by atoms with Gasteiger partial charge in [-0.3, -0.25) is 20.0 Å². The maximum absolute atomic E-state index is 13.3. The standard InChI is InChI=1S/C28H28N4O4S/c1-3-13-32-14-12-22-20(15-32)26(19-9-4-6-10-21(19)29-22)27(34)36-16-25(33)31-28-30-23(17-37-28)18-8-5-7-11-24(18)35-2/h4-11,17H,3,12-16H2,1-2H3,(H,30,31,33). The Bertz CT molecular complexity index is 1450. The first-order valence-corrected chi connectivity index (χ1v) is 13.1. The van der Waals surface area contributed by atoms with Gasteiger partial charge in [0.25, 0.3) is 5.91 Å². The molecule has 0 aliphatic carbocycles. The summed E-state index contributed by atoms with van der Waals surface area (Å²) in [6.07, 6.45) is 1.81. The number of thiazole rings is 1. The van der Waals surface area contributed by atoms with Gasteiger partial charge in [0.15, 0.2) is 11.7 Å². The highest BCUT2D eigenvalue weighted by Gasteiger charge is 2.27. The van der Waals surface area contributed by atoms with Gasteiger partial charge >= 0.3 is 5.97 Å². The molecule has 0 fully saturated rings. The van der Waals surface area contributed by atoms with Gasteiger partial charge < -0.3 is 9.47 Å². The molecule has 1 amide bonds. The van der Waals surface area contributed by atoms with Crippen molar-refractivity contribution in [1.82, 2.24) is 14.9 Å². The molecule has 0 radical (unpaired) electrons. The van der Waals surface area contributed by atoms with Gasteiger partial charge in [-0.2, -0.15) is 0 Å². The number of esters is 1. The summed E-state index contributed by atoms with van der Waals surface area (Å²) < 4.78 is 10.9. The second kappa shape index (κ2) is 11.1. The van der Waals surface area contributed by atoms with Crippen molar-refractivity contribution < 1.29 is 19.1 Å². The lowest BCUT2D eigenvalue weighted by atomic mass is 9.95. The fourth-order valence-corrected chi connectivity index (χ4v) is 5.38. The highest BCUT2D eigenvalue weighted by molar-refractivity contribution is 7.14. The van der Waals surface area contributed by atoms with Gasteiger partial charge in [0.2, 0.25) is 0 Å². The minimum atomic E-state index is -0.516. The SMILES string of the molecule is CCCN1CCc2nc3ccccc3c(C(=O)OCC(=O)Nc3nc(-c4ccccc4OC)cs3)c2C1. The minimum Gasteiger partial charge on any atom is -0.496 e. The number of hydrogen-bond donors (Lipinski definition) is 1. The van der Waals surface area contributed by atoms with E-state index in [4.69, 9.17) is 14.5 Å². The normalized spacial score (nSPS) is 13.2. The predicted molar refractivity (Wildman–Crippen MR) is 144 cm³/mol. The van der Waals surface area contributed by atoms with Crippen LogP contribution in [0.4, 0.5) is 5.13 Å². The Morgan fingerprint density at radius 1 is 1.11 bits per heavy atom. The number of benzene rings is 2. The van der Waals surface area contributed by atoms with Crippen LogP contribution >= 0.6 is 11.3 Å². The number of carbonyl (C=O) groups is 2. The molecule has 1 aliphatic rings. The topological polar surface area (TPSA) is 93.7 Å². The Morgan fingerprint density at radius 2 is 1.92 bits per heavy atom. The van der Waals surface area contributed by atoms with E-state index in [9.17, 15) is 9.59 Å². The lowest BCUT2D eigenvalue weighted by molar-refractivity contribution is -0.119. The molecule has 0 bridgehead atoms. The molecular formula is C28H28N4O4S. The fraction of sp³-hybridized carbons (Fsp3) is 0.286. The zero-order valence-electron chi connectivity index (χ0n) is 20.8. The molecule has 0 saturated heterocycles. The van der Waals surface area contributed by atoms with E-state index >= 15 is 0 Å². The number of aromatic nitrogens is 2. The monoisotopic (exact) mass is 516 g/mol. The van der Waals surface area contributed by atoms with Crippen molar-refractivity contribution in [2.75, 3.05) is 32.1 Å². The smallest absolute Gasteiger partial charge is 0.339 e. The van der Waals surface area contributed by atoms with Crippen molar-refractivity contribution in [3.8, 4) is 17.0 Å². The molecule has 4 aromatic rings. The summed E-state index contributed by atoms with van der Waals surface area (Å²) in [5.74, 6) is -0.267. The van der Waals surface area contributed by atoms with E-state index in [-0.39, 0.29) is 0 Å². The maximum atomic E-state index is 13.3. The van der Waals surface area contributed by atoms with Crippen molar-refractivity contribution in [2.24, 2.45) is 0 Å². The number of nitrogens with one attached hydrogen (secondary N) is 1. The second-order valence-corrected chi connectivity index (χ2v) is 9.68. The predicted octanol–water partition coefficient (Wildman–Crippen LogP) is 4.93. The summed E-state index contributed by atoms with van der Waals surface area (Å²) in [4.78, 5) is 37.6. The molecular weight excluding hydrogens is 488 g/mol. The van der Waals surface area contributed by atoms with Crippen molar-refractivity contribution in [3.63, 3.8) is 0 Å². The third-order valence-electron chi connectivity index (χ3n) is 6.34. The minimum absolute atomic E-state index is 0.410. The molecule has 1 aliphatic heterocycles. The average Bonchev–Trinajstić information content (AvgIpc) is 3.38. The molecule has 0 spiro atoms. The van der Waals surface area contributed by atoms with Crippen molar-refractivity contribution in [3.05, 3.63) is 70.7 Å². The highest BCUT2D eigenvalue weighted by atomic mass is 32.1. The van der Waals surface area contributed by atoms with E-state index in [0.717, 1.165) is 53.7 Å². The summed E-state index contributed by atoms with van der Waals surface area (Å²) in [6.45, 7) is 4.24. The van der Waals surface area contributed by atoms with Gasteiger partial charge in [-0.25, -0.2) is 9.78 Å². The highest BCUT2D eigenvalue weighted by Crippen LogP contribution is 2.32. The summed E-state index contributed by atoms with van der Waals surface area (Å²) >= 11 is 1.29. The first-order valence-electron chi connectivity index (χ1n) is 12.3. The third-order valence-corrected chi connectivity index (χ3v) is 7.09. The van der Waals surface area contributed by atoms with E-state index in [0.29, 0.717) is 28.7 Å². The van der Waals surface area contributed by atoms with Gasteiger partial charge in [-0.05, 0) is 31.2 Å². The number of methoxy groups -OCH3 is 1. The molecule has 3 heterocycles. The molecule has 0 atom stereocenters. The van der Waals surface area contributed by atoms with Crippen LogP contribution in [0.5, 0.6) is 5.75 Å². The number of ether oxygens (including phenoxy) is 2. The first kappa shape index (κ1) is 24.9. The Balaban J connectivity index is 1.31. The molecule has 2 aromatic carbocycles. The lowest BCUT2D eigenvalue weighted by Crippen LogP contribution is -2.33. The van der Waals surface area contributed by atoms with Crippen LogP contribution in [0.3, 0.4) is 0 Å². The summed E-state index contributed by atoms with van der Waals surface area (Å²) in [5.41, 5.74) is 4.61. The van der Waals surface area contributed by atoms with Crippen molar-refractivity contribution in [1.29, 1.82) is 0 Å². The van der Waals surface area contributed by atoms with E-state index in [1.165, 1.54) is 11.3 Å². The van der Waals surface area contributed by atoms with E-state index < -0.39 is 18.5 Å². The van der Waals surface area contributed by atoms with Crippen molar-refractivity contribution >= 4 is 39.2 Å². The zero-order valence-corrected chi connectivity index (χ0v) is 21.6. The number of carbonyl (C=O) groups excluding carboxylic acids is 2. The fourth-order valence-electron chi connectivity index (χ4n) is 4.66. The number of anilines is 1. The third kappa shape index (κ3) is 5.33. The summed E-state index contributed by atoms with van der Waals surface area (Å²) in [5, 5.41) is 5.74. The molecule has 0 saturated carbocycles. The van der Waals surface area contributed by atoms with Crippen LogP contribution in [0.25, 0.3) is 22.2 Å². The van der Waals surface area contributed by atoms with Gasteiger partial charge in [0.05, 0.1) is 23.9 Å². The molecule has 37 heavy (non-hydrogen) atoms. The van der Waals surface area contributed by atoms with Crippen LogP contribution in [0.15, 0.2) is 53.9 Å². The van der Waals surface area contributed by atoms with Crippen LogP contribution in [-0.2, 0) is 22.5 Å². The molecule has 2 aromatic heterocycles. The first-order chi connectivity index (χ1) is 18.1. The Hall–Kier alpha value is -3.82. The number of fused-ring (bicyclic) bond motifs is 2. The Kier molecular flexibility index (Phi) is 7.43. The Morgan fingerprint density at radius 3 is 2.76 bits per heavy atom. The number of rotatable bonds is 8. The van der Waals surface area contributed by atoms with Crippen LogP contribution in [0, 0.1) is 0 Å². The van der Waals surface area contributed by atoms with Crippen LogP contribution in [-0.4, -0.2) is 53.6 Å². The van der Waals surface area contributed by atoms with E-state index in [2.05, 4.69) is 22.1 Å². The maximum Gasteiger partial charge on any atom is 0.339 e. The number of amides is 1. The molecule has 1 N–H and O–H groups in total. The number of para-hydroxylation sites is 2. The van der Waals surface area contributed by atoms with Crippen LogP contribution < -0.4 is 10.1 Å². The largest absolute Gasteiger partial charge is 0.496 e. The van der Waals surface area contributed by atoms with Gasteiger partial charge in [-0.15, -0.1) is 11.3 Å². The quantitative estimate of drug-likeness (QED) is 0.332. The summed E-state index contributed by atoms with van der Waals surface area (Å²) in [7, 11) is 1.60. The zero-order chi connectivity index (χ0) is 25.8. The molecule has 190 valence electrons. The van der Waals surface area contributed by atoms with Crippen LogP contribution in [0.2, 0.25) is 0 Å². The van der Waals surface area contributed by atoms with E-state index in [1.807, 2.05) is 53.9 Å². The number of pyridine rings is 1. The molecule has 0 unspecified atom stereocenters. The van der Waals surface area contributed by atoms with E-state index in [1.54, 1.807) is 7.11 Å². The molecule has 5 rings (SSSR count). The van der Waals surface area contributed by atoms with Gasteiger partial charge in [0.1, 0.15) is 5.75 Å². The summed E-state index contributed by atoms with van der Waals surface area (Å²) in [6, 6.07) is 15.1. The second-order valence-electron chi connectivity index (χ2n) is 8.82. The molecule has 9 heteroatoms. The lowest BCUT2D eigenvalue weighted by Gasteiger charge is -2.29. The van der Waals surface area contributed by atoms with Gasteiger partial charge in [-0.1, -0.05) is 37.3 Å². The Labute approximate surface area is 219 Å². The van der Waals surface area contributed by atoms with Gasteiger partial charge in [0, 0.05) is 47.1 Å². The van der Waals surface area contributed by atoms with Crippen molar-refractivity contribution in [2.45, 2.75) is 26.3 Å². The van der Waals surface area contributed by atoms with Crippen LogP contribution in [0.1, 0.15) is 35.0 Å². The number of hydrogen-bond acceptors (Lipinski definition) is 8. The average molecular weight is 517 g/mol. The number of nitrogens with zero attached hydrogens (tertiary/aromatic N) is 3.